The maximum Gasteiger partial charge on any atom is 0.358 e. The number of nitrogens with zero attached hydrogens (tertiary/aromatic N) is 3. The molecule has 0 aliphatic rings. The Balaban J connectivity index is 1.99. The predicted molar refractivity (Wildman–Crippen MR) is 82.7 cm³/mol. The molecule has 0 fully saturated rings. The van der Waals surface area contributed by atoms with Gasteiger partial charge < -0.3 is 15.2 Å². The number of carboxylic acid groups (broad SMARTS) is 1. The van der Waals surface area contributed by atoms with Gasteiger partial charge in [0.25, 0.3) is 0 Å². The summed E-state index contributed by atoms with van der Waals surface area (Å²) < 4.78 is 6.28. The number of benzene rings is 1. The van der Waals surface area contributed by atoms with Crippen LogP contribution in [0.3, 0.4) is 0 Å². The van der Waals surface area contributed by atoms with Crippen molar-refractivity contribution in [3.63, 3.8) is 0 Å². The van der Waals surface area contributed by atoms with Crippen LogP contribution >= 0.6 is 0 Å². The van der Waals surface area contributed by atoms with Crippen molar-refractivity contribution in [3.05, 3.63) is 36.2 Å². The number of anilines is 1. The van der Waals surface area contributed by atoms with Crippen LogP contribution in [0.5, 0.6) is 0 Å². The second-order valence-corrected chi connectivity index (χ2v) is 4.90. The number of hydrogen-bond acceptors (Lipinski definition) is 5. The third-order valence-corrected chi connectivity index (χ3v) is 3.11. The summed E-state index contributed by atoms with van der Waals surface area (Å²) in [5.74, 6) is -1.22. The highest BCUT2D eigenvalue weighted by Gasteiger charge is 2.10. The normalized spacial score (nSPS) is 10.5. The maximum atomic E-state index is 11.9. The molecule has 8 nitrogen and oxygen atoms in total. The van der Waals surface area contributed by atoms with Gasteiger partial charge in [-0.1, -0.05) is 11.3 Å². The molecular formula is C15H18N4O4. The lowest BCUT2D eigenvalue weighted by atomic mass is 10.2. The number of rotatable bonds is 8. The number of aromatic nitrogens is 3. The molecule has 0 bridgehead atoms. The third-order valence-electron chi connectivity index (χ3n) is 3.11. The molecule has 23 heavy (non-hydrogen) atoms. The predicted octanol–water partition coefficient (Wildman–Crippen LogP) is 1.72. The van der Waals surface area contributed by atoms with E-state index in [0.29, 0.717) is 24.4 Å². The largest absolute Gasteiger partial charge is 0.476 e. The van der Waals surface area contributed by atoms with Crippen LogP contribution in [0.25, 0.3) is 5.69 Å². The Hall–Kier alpha value is -2.74. The Morgan fingerprint density at radius 2 is 2.17 bits per heavy atom. The van der Waals surface area contributed by atoms with E-state index in [1.54, 1.807) is 31.4 Å². The van der Waals surface area contributed by atoms with Crippen LogP contribution in [0.2, 0.25) is 0 Å². The molecule has 0 unspecified atom stereocenters. The van der Waals surface area contributed by atoms with E-state index >= 15 is 0 Å². The lowest BCUT2D eigenvalue weighted by molar-refractivity contribution is -0.116. The molecule has 0 atom stereocenters. The zero-order valence-electron chi connectivity index (χ0n) is 12.7. The lowest BCUT2D eigenvalue weighted by Crippen LogP contribution is -2.11. The van der Waals surface area contributed by atoms with E-state index in [2.05, 4.69) is 15.6 Å². The van der Waals surface area contributed by atoms with E-state index in [9.17, 15) is 9.59 Å². The van der Waals surface area contributed by atoms with Gasteiger partial charge in [-0.3, -0.25) is 4.79 Å². The minimum absolute atomic E-state index is 0.0805. The van der Waals surface area contributed by atoms with Gasteiger partial charge in [0.2, 0.25) is 5.91 Å². The number of carbonyl (C=O) groups excluding carboxylic acids is 1. The smallest absolute Gasteiger partial charge is 0.358 e. The monoisotopic (exact) mass is 318 g/mol. The molecule has 0 saturated carbocycles. The van der Waals surface area contributed by atoms with Crippen molar-refractivity contribution in [1.82, 2.24) is 15.0 Å². The highest BCUT2D eigenvalue weighted by Crippen LogP contribution is 2.15. The molecular weight excluding hydrogens is 300 g/mol. The van der Waals surface area contributed by atoms with Crippen LogP contribution in [0.4, 0.5) is 5.69 Å². The van der Waals surface area contributed by atoms with Crippen molar-refractivity contribution in [1.29, 1.82) is 0 Å². The fourth-order valence-electron chi connectivity index (χ4n) is 1.97. The van der Waals surface area contributed by atoms with E-state index in [-0.39, 0.29) is 11.6 Å². The fourth-order valence-corrected chi connectivity index (χ4v) is 1.97. The molecule has 2 rings (SSSR count). The topological polar surface area (TPSA) is 106 Å². The molecule has 2 aromatic rings. The van der Waals surface area contributed by atoms with Crippen LogP contribution in [0, 0.1) is 0 Å². The summed E-state index contributed by atoms with van der Waals surface area (Å²) in [6, 6.07) is 6.95. The van der Waals surface area contributed by atoms with Crippen molar-refractivity contribution in [3.8, 4) is 5.69 Å². The summed E-state index contributed by atoms with van der Waals surface area (Å²) >= 11 is 0. The number of methoxy groups -OCH3 is 1. The quantitative estimate of drug-likeness (QED) is 0.718. The fraction of sp³-hybridized carbons (Fsp3) is 0.333. The van der Waals surface area contributed by atoms with Gasteiger partial charge in [0.15, 0.2) is 5.69 Å². The molecule has 122 valence electrons. The highest BCUT2D eigenvalue weighted by molar-refractivity contribution is 5.91. The minimum Gasteiger partial charge on any atom is -0.476 e. The molecule has 0 spiro atoms. The van der Waals surface area contributed by atoms with E-state index in [4.69, 9.17) is 9.84 Å². The molecule has 8 heteroatoms. The van der Waals surface area contributed by atoms with Gasteiger partial charge >= 0.3 is 5.97 Å². The van der Waals surface area contributed by atoms with Gasteiger partial charge in [-0.25, -0.2) is 9.48 Å². The number of unbranched alkanes of at least 4 members (excludes halogenated alkanes) is 1. The molecule has 1 heterocycles. The van der Waals surface area contributed by atoms with Crippen molar-refractivity contribution in [2.75, 3.05) is 19.0 Å². The van der Waals surface area contributed by atoms with Crippen molar-refractivity contribution >= 4 is 17.6 Å². The Bertz CT molecular complexity index is 684. The minimum atomic E-state index is -1.14. The average Bonchev–Trinajstić information content (AvgIpc) is 3.02. The molecule has 1 aromatic heterocycles. The molecule has 0 saturated heterocycles. The molecule has 1 amide bonds. The number of aromatic carboxylic acids is 1. The first kappa shape index (κ1) is 16.6. The number of ether oxygens (including phenoxy) is 1. The van der Waals surface area contributed by atoms with Crippen LogP contribution in [-0.2, 0) is 9.53 Å². The summed E-state index contributed by atoms with van der Waals surface area (Å²) in [6.45, 7) is 0.640. The molecule has 1 aromatic carbocycles. The van der Waals surface area contributed by atoms with E-state index < -0.39 is 5.97 Å². The van der Waals surface area contributed by atoms with Crippen molar-refractivity contribution < 1.29 is 19.4 Å². The Morgan fingerprint density at radius 3 is 2.87 bits per heavy atom. The summed E-state index contributed by atoms with van der Waals surface area (Å²) in [5.41, 5.74) is 1.09. The Morgan fingerprint density at radius 1 is 1.35 bits per heavy atom. The Labute approximate surface area is 133 Å². The second kappa shape index (κ2) is 8.04. The standard InChI is InChI=1S/C15H18N4O4/c1-23-8-3-2-7-14(20)16-11-5-4-6-12(9-11)19-10-13(15(21)22)17-18-19/h4-6,9-10H,2-3,7-8H2,1H3,(H,16,20)(H,21,22). The van der Waals surface area contributed by atoms with E-state index in [1.165, 1.54) is 10.9 Å². The number of amides is 1. The van der Waals surface area contributed by atoms with E-state index in [1.807, 2.05) is 0 Å². The van der Waals surface area contributed by atoms with Gasteiger partial charge in [-0.05, 0) is 31.0 Å². The van der Waals surface area contributed by atoms with Gasteiger partial charge in [0, 0.05) is 25.8 Å². The third kappa shape index (κ3) is 4.89. The SMILES string of the molecule is COCCCCC(=O)Nc1cccc(-n2cc(C(=O)O)nn2)c1. The zero-order valence-corrected chi connectivity index (χ0v) is 12.7. The summed E-state index contributed by atoms with van der Waals surface area (Å²) in [5, 5.41) is 19.0. The summed E-state index contributed by atoms with van der Waals surface area (Å²) in [4.78, 5) is 22.7. The molecule has 0 aliphatic carbocycles. The van der Waals surface area contributed by atoms with Crippen molar-refractivity contribution in [2.45, 2.75) is 19.3 Å². The average molecular weight is 318 g/mol. The first-order valence-electron chi connectivity index (χ1n) is 7.15. The van der Waals surface area contributed by atoms with Crippen molar-refractivity contribution in [2.24, 2.45) is 0 Å². The first-order valence-corrected chi connectivity index (χ1v) is 7.15. The van der Waals surface area contributed by atoms with Crippen LogP contribution in [0.1, 0.15) is 29.8 Å². The van der Waals surface area contributed by atoms with Crippen LogP contribution in [-0.4, -0.2) is 45.7 Å². The Kier molecular flexibility index (Phi) is 5.81. The second-order valence-electron chi connectivity index (χ2n) is 4.90. The number of carbonyl (C=O) groups is 2. The van der Waals surface area contributed by atoms with Gasteiger partial charge in [0.1, 0.15) is 0 Å². The molecule has 2 N–H and O–H groups in total. The van der Waals surface area contributed by atoms with Gasteiger partial charge in [-0.2, -0.15) is 0 Å². The lowest BCUT2D eigenvalue weighted by Gasteiger charge is -2.07. The first-order chi connectivity index (χ1) is 11.1. The maximum absolute atomic E-state index is 11.9. The molecule has 0 radical (unpaired) electrons. The van der Waals surface area contributed by atoms with Gasteiger partial charge in [-0.15, -0.1) is 5.10 Å². The summed E-state index contributed by atoms with van der Waals surface area (Å²) in [6.07, 6.45) is 3.32. The van der Waals surface area contributed by atoms with Gasteiger partial charge in [0.05, 0.1) is 11.9 Å². The van der Waals surface area contributed by atoms with Crippen LogP contribution in [0.15, 0.2) is 30.5 Å². The zero-order chi connectivity index (χ0) is 16.7. The van der Waals surface area contributed by atoms with Crippen LogP contribution < -0.4 is 5.32 Å². The van der Waals surface area contributed by atoms with E-state index in [0.717, 1.165) is 12.8 Å². The summed E-state index contributed by atoms with van der Waals surface area (Å²) in [7, 11) is 1.63. The highest BCUT2D eigenvalue weighted by atomic mass is 16.5. The number of nitrogens with one attached hydrogen (secondary N) is 1. The molecule has 0 aliphatic heterocycles. The number of carboxylic acids is 1. The number of hydrogen-bond donors (Lipinski definition) is 2.